The second-order valence-electron chi connectivity index (χ2n) is 6.29. The van der Waals surface area contributed by atoms with Crippen molar-refractivity contribution in [2.24, 2.45) is 5.41 Å². The van der Waals surface area contributed by atoms with E-state index in [-0.39, 0.29) is 12.0 Å². The van der Waals surface area contributed by atoms with Crippen molar-refractivity contribution in [3.05, 3.63) is 29.8 Å². The van der Waals surface area contributed by atoms with Gasteiger partial charge < -0.3 is 14.8 Å². The highest BCUT2D eigenvalue weighted by Crippen LogP contribution is 2.41. The molecule has 21 heavy (non-hydrogen) atoms. The maximum atomic E-state index is 11.8. The molecular weight excluding hydrogens is 270 g/mol. The first-order valence-corrected chi connectivity index (χ1v) is 6.98. The molecule has 1 saturated carbocycles. The molecule has 1 fully saturated rings. The summed E-state index contributed by atoms with van der Waals surface area (Å²) < 4.78 is 9.89. The third-order valence-electron chi connectivity index (χ3n) is 3.41. The predicted octanol–water partition coefficient (Wildman–Crippen LogP) is 2.85. The van der Waals surface area contributed by atoms with Gasteiger partial charge in [-0.1, -0.05) is 12.1 Å². The number of nitrogens with one attached hydrogen (secondary N) is 1. The fourth-order valence-corrected chi connectivity index (χ4v) is 1.98. The lowest BCUT2D eigenvalue weighted by molar-refractivity contribution is -0.143. The van der Waals surface area contributed by atoms with Gasteiger partial charge in [0.15, 0.2) is 0 Å². The molecule has 0 saturated heterocycles. The number of rotatable bonds is 3. The van der Waals surface area contributed by atoms with Gasteiger partial charge in [-0.2, -0.15) is 0 Å². The number of carbonyl (C=O) groups excluding carboxylic acids is 2. The van der Waals surface area contributed by atoms with Crippen molar-refractivity contribution in [1.82, 2.24) is 5.32 Å². The van der Waals surface area contributed by atoms with E-state index in [1.165, 1.54) is 7.11 Å². The zero-order chi connectivity index (χ0) is 15.6. The Bertz CT molecular complexity index is 530. The second kappa shape index (κ2) is 5.76. The van der Waals surface area contributed by atoms with Crippen LogP contribution < -0.4 is 10.1 Å². The molecule has 0 aliphatic heterocycles. The third kappa shape index (κ3) is 3.97. The number of hydrogen-bond acceptors (Lipinski definition) is 4. The molecule has 0 unspecified atom stereocenters. The summed E-state index contributed by atoms with van der Waals surface area (Å²) in [6, 6.07) is 7.54. The molecule has 0 bridgehead atoms. The molecule has 2 atom stereocenters. The monoisotopic (exact) mass is 291 g/mol. The Morgan fingerprint density at radius 3 is 2.33 bits per heavy atom. The van der Waals surface area contributed by atoms with Gasteiger partial charge in [0, 0.05) is 12.0 Å². The summed E-state index contributed by atoms with van der Waals surface area (Å²) in [6.45, 7) is 5.45. The lowest BCUT2D eigenvalue weighted by Crippen LogP contribution is -2.26. The van der Waals surface area contributed by atoms with Crippen molar-refractivity contribution < 1.29 is 19.1 Å². The van der Waals surface area contributed by atoms with Gasteiger partial charge in [-0.05, 0) is 44.9 Å². The number of ether oxygens (including phenoxy) is 2. The van der Waals surface area contributed by atoms with E-state index in [2.05, 4.69) is 10.1 Å². The lowest BCUT2D eigenvalue weighted by atomic mass is 9.97. The van der Waals surface area contributed by atoms with Gasteiger partial charge in [-0.25, -0.2) is 4.79 Å². The number of carbonyl (C=O) groups is 2. The van der Waals surface area contributed by atoms with E-state index < -0.39 is 11.5 Å². The highest BCUT2D eigenvalue weighted by atomic mass is 16.5. The molecule has 114 valence electrons. The molecule has 0 aromatic heterocycles. The Balaban J connectivity index is 1.92. The highest BCUT2D eigenvalue weighted by molar-refractivity contribution is 5.77. The fraction of sp³-hybridized carbons (Fsp3) is 0.500. The summed E-state index contributed by atoms with van der Waals surface area (Å²) >= 11 is 0. The molecule has 0 spiro atoms. The number of benzene rings is 1. The number of methoxy groups -OCH3 is 1. The van der Waals surface area contributed by atoms with Gasteiger partial charge in [0.05, 0.1) is 12.5 Å². The summed E-state index contributed by atoms with van der Waals surface area (Å²) in [6.07, 6.45) is 0.495. The molecule has 1 aliphatic rings. The predicted molar refractivity (Wildman–Crippen MR) is 78.2 cm³/mol. The van der Waals surface area contributed by atoms with Gasteiger partial charge in [0.25, 0.3) is 0 Å². The Morgan fingerprint density at radius 2 is 1.81 bits per heavy atom. The van der Waals surface area contributed by atoms with Crippen LogP contribution in [0.15, 0.2) is 24.3 Å². The van der Waals surface area contributed by atoms with Gasteiger partial charge in [-0.3, -0.25) is 4.79 Å². The van der Waals surface area contributed by atoms with Crippen molar-refractivity contribution in [2.75, 3.05) is 7.11 Å². The average Bonchev–Trinajstić information content (AvgIpc) is 3.17. The lowest BCUT2D eigenvalue weighted by Gasteiger charge is -2.16. The van der Waals surface area contributed by atoms with Crippen LogP contribution in [0.25, 0.3) is 0 Å². The van der Waals surface area contributed by atoms with Crippen LogP contribution in [0, 0.1) is 5.41 Å². The summed E-state index contributed by atoms with van der Waals surface area (Å²) in [4.78, 5) is 22.9. The van der Waals surface area contributed by atoms with Gasteiger partial charge >= 0.3 is 12.1 Å². The molecule has 1 aromatic carbocycles. The standard InChI is InChI=1S/C16H21NO4/c1-16(2,3)14(18)21-11-7-5-10(6-8-11)12-9-13(12)17-15(19)20-4/h5-8,12-13H,9H2,1-4H3,(H,17,19)/t12-,13+/m0/s1. The number of esters is 1. The van der Waals surface area contributed by atoms with E-state index in [9.17, 15) is 9.59 Å². The van der Waals surface area contributed by atoms with Crippen molar-refractivity contribution in [1.29, 1.82) is 0 Å². The van der Waals surface area contributed by atoms with E-state index in [1.807, 2.05) is 32.9 Å². The number of alkyl carbamates (subject to hydrolysis) is 1. The zero-order valence-corrected chi connectivity index (χ0v) is 12.8. The Labute approximate surface area is 124 Å². The smallest absolute Gasteiger partial charge is 0.407 e. The van der Waals surface area contributed by atoms with E-state index >= 15 is 0 Å². The second-order valence-corrected chi connectivity index (χ2v) is 6.29. The first-order valence-electron chi connectivity index (χ1n) is 6.98. The van der Waals surface area contributed by atoms with E-state index in [4.69, 9.17) is 4.74 Å². The van der Waals surface area contributed by atoms with Gasteiger partial charge in [0.1, 0.15) is 5.75 Å². The van der Waals surface area contributed by atoms with Crippen molar-refractivity contribution in [3.8, 4) is 5.75 Å². The fourth-order valence-electron chi connectivity index (χ4n) is 1.98. The van der Waals surface area contributed by atoms with Crippen molar-refractivity contribution in [2.45, 2.75) is 39.2 Å². The molecule has 1 aromatic rings. The van der Waals surface area contributed by atoms with Crippen LogP contribution in [0.3, 0.4) is 0 Å². The van der Waals surface area contributed by atoms with Crippen LogP contribution in [0.1, 0.15) is 38.7 Å². The van der Waals surface area contributed by atoms with E-state index in [0.717, 1.165) is 12.0 Å². The normalized spacial score (nSPS) is 20.6. The summed E-state index contributed by atoms with van der Waals surface area (Å²) in [5.74, 6) is 0.583. The Kier molecular flexibility index (Phi) is 4.21. The molecule has 0 heterocycles. The van der Waals surface area contributed by atoms with E-state index in [1.54, 1.807) is 12.1 Å². The molecular formula is C16H21NO4. The van der Waals surface area contributed by atoms with Crippen LogP contribution >= 0.6 is 0 Å². The molecule has 1 N–H and O–H groups in total. The van der Waals surface area contributed by atoms with Gasteiger partial charge in [-0.15, -0.1) is 0 Å². The number of hydrogen-bond donors (Lipinski definition) is 1. The topological polar surface area (TPSA) is 64.6 Å². The largest absolute Gasteiger partial charge is 0.453 e. The number of amides is 1. The third-order valence-corrected chi connectivity index (χ3v) is 3.41. The Morgan fingerprint density at radius 1 is 1.19 bits per heavy atom. The van der Waals surface area contributed by atoms with Crippen LogP contribution in [-0.2, 0) is 9.53 Å². The van der Waals surface area contributed by atoms with Crippen LogP contribution in [0.2, 0.25) is 0 Å². The molecule has 5 heteroatoms. The van der Waals surface area contributed by atoms with Crippen molar-refractivity contribution >= 4 is 12.1 Å². The maximum Gasteiger partial charge on any atom is 0.407 e. The molecule has 1 aliphatic carbocycles. The summed E-state index contributed by atoms with van der Waals surface area (Å²) in [5, 5.41) is 2.77. The van der Waals surface area contributed by atoms with Crippen LogP contribution in [0.5, 0.6) is 5.75 Å². The first-order chi connectivity index (χ1) is 9.81. The van der Waals surface area contributed by atoms with Gasteiger partial charge in [0.2, 0.25) is 0 Å². The molecule has 2 rings (SSSR count). The summed E-state index contributed by atoms with van der Waals surface area (Å²) in [7, 11) is 1.35. The zero-order valence-electron chi connectivity index (χ0n) is 12.8. The average molecular weight is 291 g/mol. The molecule has 0 radical (unpaired) electrons. The Hall–Kier alpha value is -2.04. The van der Waals surface area contributed by atoms with E-state index in [0.29, 0.717) is 11.7 Å². The quantitative estimate of drug-likeness (QED) is 0.687. The van der Waals surface area contributed by atoms with Crippen LogP contribution in [-0.4, -0.2) is 25.2 Å². The minimum Gasteiger partial charge on any atom is -0.453 e. The minimum absolute atomic E-state index is 0.125. The minimum atomic E-state index is -0.523. The SMILES string of the molecule is COC(=O)N[C@@H]1C[C@H]1c1ccc(OC(=O)C(C)(C)C)cc1. The first kappa shape index (κ1) is 15.4. The molecule has 1 amide bonds. The maximum absolute atomic E-state index is 11.8. The van der Waals surface area contributed by atoms with Crippen LogP contribution in [0.4, 0.5) is 4.79 Å². The molecule has 5 nitrogen and oxygen atoms in total. The van der Waals surface area contributed by atoms with Crippen molar-refractivity contribution in [3.63, 3.8) is 0 Å². The highest BCUT2D eigenvalue weighted by Gasteiger charge is 2.39. The summed E-state index contributed by atoms with van der Waals surface area (Å²) in [5.41, 5.74) is 0.594.